The first-order chi connectivity index (χ1) is 26.3. The lowest BCUT2D eigenvalue weighted by Crippen LogP contribution is -2.51. The second-order valence-corrected chi connectivity index (χ2v) is 22.8. The van der Waals surface area contributed by atoms with Crippen molar-refractivity contribution in [3.63, 3.8) is 0 Å². The molecule has 290 valence electrons. The summed E-state index contributed by atoms with van der Waals surface area (Å²) in [6, 6.07) is 18.8. The minimum Gasteiger partial charge on any atom is -0.374 e. The van der Waals surface area contributed by atoms with Gasteiger partial charge in [0.25, 0.3) is 5.91 Å². The molecular formula is C43H53FN6O4Si. The number of pyridine rings is 1. The molecule has 4 aromatic rings. The second-order valence-electron chi connectivity index (χ2n) is 17.2. The third kappa shape index (κ3) is 7.99. The Kier molecular flexibility index (Phi) is 10.2. The predicted molar refractivity (Wildman–Crippen MR) is 216 cm³/mol. The maximum Gasteiger partial charge on any atom is 0.258 e. The molecule has 2 aromatic heterocycles. The molecular weight excluding hydrogens is 712 g/mol. The van der Waals surface area contributed by atoms with Crippen LogP contribution < -0.4 is 15.5 Å². The zero-order chi connectivity index (χ0) is 38.5. The number of amides is 2. The van der Waals surface area contributed by atoms with Gasteiger partial charge in [-0.3, -0.25) is 9.59 Å². The largest absolute Gasteiger partial charge is 0.374 e. The Morgan fingerprint density at radius 2 is 1.82 bits per heavy atom. The van der Waals surface area contributed by atoms with E-state index in [1.807, 2.05) is 55.1 Å². The van der Waals surface area contributed by atoms with Gasteiger partial charge < -0.3 is 25.0 Å². The summed E-state index contributed by atoms with van der Waals surface area (Å²) in [5.74, 6) is -0.453. The third-order valence-electron chi connectivity index (χ3n) is 11.9. The highest BCUT2D eigenvalue weighted by Crippen LogP contribution is 2.42. The number of halogens is 1. The lowest BCUT2D eigenvalue weighted by atomic mass is 9.77. The molecule has 2 N–H and O–H groups in total. The highest BCUT2D eigenvalue weighted by molar-refractivity contribution is 6.76. The van der Waals surface area contributed by atoms with Crippen LogP contribution in [0.1, 0.15) is 60.5 Å². The number of morpholine rings is 1. The van der Waals surface area contributed by atoms with Gasteiger partial charge >= 0.3 is 0 Å². The van der Waals surface area contributed by atoms with E-state index in [0.29, 0.717) is 24.9 Å². The standard InChI is InChI=1S/C43H53FN6O4Si/c1-27-39(28(2)50(48-27)26-53-19-20-55(3,4)5)30-11-13-33(14-12-30)46-41(51)40(47-42(52)43(44)16-17-43)36-8-6-7-29-9-10-31(21-37(29)36)32-15-18-45-38(22-32)49-24-35-23-34(49)25-54-35/h9-15,18,21-22,34-36,40H,6-8,16-17,19-20,23-26H2,1-5H3,(H,46,51)(H,47,52)/t34-,35-,36+,40-/m0/s1. The number of nitrogens with one attached hydrogen (secondary N) is 2. The minimum absolute atomic E-state index is 0.176. The van der Waals surface area contributed by atoms with Gasteiger partial charge in [0.05, 0.1) is 24.4 Å². The first-order valence-electron chi connectivity index (χ1n) is 19.9. The monoisotopic (exact) mass is 764 g/mol. The summed E-state index contributed by atoms with van der Waals surface area (Å²) >= 11 is 0. The molecule has 0 unspecified atom stereocenters. The predicted octanol–water partition coefficient (Wildman–Crippen LogP) is 7.56. The fourth-order valence-electron chi connectivity index (χ4n) is 8.46. The van der Waals surface area contributed by atoms with E-state index in [0.717, 1.165) is 95.7 Å². The van der Waals surface area contributed by atoms with Gasteiger partial charge in [-0.05, 0) is 110 Å². The molecule has 8 rings (SSSR count). The topological polar surface area (TPSA) is 111 Å². The van der Waals surface area contributed by atoms with Crippen molar-refractivity contribution in [2.45, 2.75) is 115 Å². The lowest BCUT2D eigenvalue weighted by Gasteiger charge is -2.33. The number of ether oxygens (including phenoxy) is 2. The van der Waals surface area contributed by atoms with E-state index in [9.17, 15) is 9.59 Å². The summed E-state index contributed by atoms with van der Waals surface area (Å²) < 4.78 is 28.8. The number of benzene rings is 2. The van der Waals surface area contributed by atoms with Gasteiger partial charge in [0.1, 0.15) is 18.6 Å². The van der Waals surface area contributed by atoms with Crippen LogP contribution in [0.2, 0.25) is 25.7 Å². The number of aromatic nitrogens is 3. The van der Waals surface area contributed by atoms with Crippen LogP contribution in [0.3, 0.4) is 0 Å². The average Bonchev–Trinajstić information content (AvgIpc) is 3.45. The summed E-state index contributed by atoms with van der Waals surface area (Å²) in [5, 5.41) is 10.7. The van der Waals surface area contributed by atoms with Gasteiger partial charge in [0.2, 0.25) is 5.91 Å². The zero-order valence-electron chi connectivity index (χ0n) is 32.7. The summed E-state index contributed by atoms with van der Waals surface area (Å²) in [4.78, 5) is 34.6. The molecule has 1 saturated carbocycles. The van der Waals surface area contributed by atoms with Crippen LogP contribution in [0.25, 0.3) is 22.3 Å². The van der Waals surface area contributed by atoms with Crippen molar-refractivity contribution in [2.75, 3.05) is 30.0 Å². The van der Waals surface area contributed by atoms with Crippen molar-refractivity contribution in [3.8, 4) is 22.3 Å². The molecule has 2 bridgehead atoms. The Bertz CT molecular complexity index is 2080. The molecule has 2 aromatic carbocycles. The number of anilines is 2. The van der Waals surface area contributed by atoms with Crippen molar-refractivity contribution in [1.82, 2.24) is 20.1 Å². The fraction of sp³-hybridized carbons (Fsp3) is 0.488. The van der Waals surface area contributed by atoms with Gasteiger partial charge in [-0.1, -0.05) is 50.0 Å². The number of aryl methyl sites for hydroxylation is 2. The van der Waals surface area contributed by atoms with Crippen molar-refractivity contribution < 1.29 is 23.5 Å². The highest BCUT2D eigenvalue weighted by Gasteiger charge is 2.52. The van der Waals surface area contributed by atoms with E-state index >= 15 is 4.39 Å². The van der Waals surface area contributed by atoms with Crippen LogP contribution in [0.15, 0.2) is 60.8 Å². The van der Waals surface area contributed by atoms with Crippen LogP contribution >= 0.6 is 0 Å². The van der Waals surface area contributed by atoms with Crippen LogP contribution in [0.5, 0.6) is 0 Å². The van der Waals surface area contributed by atoms with Gasteiger partial charge in [-0.2, -0.15) is 5.10 Å². The van der Waals surface area contributed by atoms with E-state index in [1.165, 1.54) is 0 Å². The minimum atomic E-state index is -1.91. The lowest BCUT2D eigenvalue weighted by molar-refractivity contribution is -0.131. The van der Waals surface area contributed by atoms with Gasteiger partial charge in [0, 0.05) is 50.3 Å². The van der Waals surface area contributed by atoms with Gasteiger partial charge in [-0.25, -0.2) is 14.1 Å². The molecule has 55 heavy (non-hydrogen) atoms. The first-order valence-corrected chi connectivity index (χ1v) is 23.6. The van der Waals surface area contributed by atoms with Crippen molar-refractivity contribution in [2.24, 2.45) is 0 Å². The molecule has 2 aliphatic heterocycles. The number of nitrogens with zero attached hydrogens (tertiary/aromatic N) is 4. The summed E-state index contributed by atoms with van der Waals surface area (Å²) in [7, 11) is -1.18. The van der Waals surface area contributed by atoms with Crippen LogP contribution in [0, 0.1) is 13.8 Å². The Hall–Kier alpha value is -4.39. The van der Waals surface area contributed by atoms with Crippen LogP contribution in [-0.2, 0) is 32.2 Å². The zero-order valence-corrected chi connectivity index (χ0v) is 33.7. The van der Waals surface area contributed by atoms with E-state index in [-0.39, 0.29) is 30.8 Å². The number of carbonyl (C=O) groups excluding carboxylic acids is 2. The smallest absolute Gasteiger partial charge is 0.258 e. The quantitative estimate of drug-likeness (QED) is 0.107. The number of rotatable bonds is 13. The summed E-state index contributed by atoms with van der Waals surface area (Å²) in [6.07, 6.45) is 5.93. The van der Waals surface area contributed by atoms with Gasteiger partial charge in [-0.15, -0.1) is 0 Å². The molecule has 2 amide bonds. The maximum atomic E-state index is 15.1. The molecule has 2 saturated heterocycles. The maximum absolute atomic E-state index is 15.1. The Morgan fingerprint density at radius 3 is 2.53 bits per heavy atom. The van der Waals surface area contributed by atoms with E-state index < -0.39 is 25.7 Å². The molecule has 4 atom stereocenters. The van der Waals surface area contributed by atoms with Gasteiger partial charge in [0.15, 0.2) is 5.67 Å². The third-order valence-corrected chi connectivity index (χ3v) is 13.6. The SMILES string of the molecule is Cc1nn(COCC[Si](C)(C)C)c(C)c1-c1ccc(NC(=O)[C@@H](NC(=O)C2(F)CC2)[C@@H]2CCCc3ccc(-c4ccnc(N5C[C@@H]6C[C@H]5CO6)c4)cc32)cc1. The van der Waals surface area contributed by atoms with E-state index in [2.05, 4.69) is 59.4 Å². The highest BCUT2D eigenvalue weighted by atomic mass is 28.3. The molecule has 12 heteroatoms. The fourth-order valence-corrected chi connectivity index (χ4v) is 9.22. The van der Waals surface area contributed by atoms with E-state index in [4.69, 9.17) is 19.6 Å². The first kappa shape index (κ1) is 37.5. The number of hydrogen-bond acceptors (Lipinski definition) is 7. The number of carbonyl (C=O) groups is 2. The molecule has 0 radical (unpaired) electrons. The number of alkyl halides is 1. The van der Waals surface area contributed by atoms with Crippen molar-refractivity contribution >= 4 is 31.4 Å². The Morgan fingerprint density at radius 1 is 1.05 bits per heavy atom. The second kappa shape index (κ2) is 14.9. The molecule has 4 heterocycles. The average molecular weight is 765 g/mol. The van der Waals surface area contributed by atoms with E-state index in [1.54, 1.807) is 0 Å². The normalized spacial score (nSPS) is 21.6. The molecule has 4 aliphatic rings. The Labute approximate surface area is 324 Å². The number of hydrogen-bond donors (Lipinski definition) is 2. The Balaban J connectivity index is 1.02. The summed E-state index contributed by atoms with van der Waals surface area (Å²) in [6.45, 7) is 13.8. The molecule has 3 fully saturated rings. The molecule has 0 spiro atoms. The summed E-state index contributed by atoms with van der Waals surface area (Å²) in [5.41, 5.74) is 6.85. The molecule has 2 aliphatic carbocycles. The van der Waals surface area contributed by atoms with Crippen molar-refractivity contribution in [1.29, 1.82) is 0 Å². The number of fused-ring (bicyclic) bond motifs is 3. The van der Waals surface area contributed by atoms with Crippen LogP contribution in [-0.4, -0.2) is 78.3 Å². The van der Waals surface area contributed by atoms with Crippen LogP contribution in [0.4, 0.5) is 15.9 Å². The van der Waals surface area contributed by atoms with Crippen molar-refractivity contribution in [3.05, 3.63) is 83.3 Å². The molecule has 10 nitrogen and oxygen atoms in total.